The Morgan fingerprint density at radius 3 is 2.44 bits per heavy atom. The van der Waals surface area contributed by atoms with Gasteiger partial charge in [0.1, 0.15) is 5.75 Å². The van der Waals surface area contributed by atoms with Crippen LogP contribution in [0.3, 0.4) is 0 Å². The molecule has 1 amide bonds. The van der Waals surface area contributed by atoms with E-state index >= 15 is 0 Å². The molecule has 0 radical (unpaired) electrons. The number of aryl methyl sites for hydroxylation is 1. The number of hydrogen-bond acceptors (Lipinski definition) is 6. The second-order valence-corrected chi connectivity index (χ2v) is 8.50. The fourth-order valence-electron chi connectivity index (χ4n) is 3.78. The first-order valence-corrected chi connectivity index (χ1v) is 11.2. The molecule has 1 aromatic heterocycles. The van der Waals surface area contributed by atoms with Crippen LogP contribution in [0.1, 0.15) is 53.0 Å². The van der Waals surface area contributed by atoms with E-state index in [1.165, 1.54) is 31.5 Å². The van der Waals surface area contributed by atoms with Crippen molar-refractivity contribution in [3.05, 3.63) is 76.9 Å². The molecule has 3 aromatic rings. The molecule has 0 aliphatic carbocycles. The molecule has 168 valence electrons. The number of rotatable bonds is 8. The number of carbonyl (C=O) groups excluding carboxylic acids is 1. The zero-order valence-corrected chi connectivity index (χ0v) is 18.7. The van der Waals surface area contributed by atoms with Gasteiger partial charge in [0.2, 0.25) is 11.7 Å². The van der Waals surface area contributed by atoms with E-state index < -0.39 is 0 Å². The number of nitrogens with one attached hydrogen (secondary N) is 1. The monoisotopic (exact) mass is 434 g/mol. The fraction of sp³-hybridized carbons (Fsp3) is 0.400. The van der Waals surface area contributed by atoms with E-state index in [2.05, 4.69) is 51.5 Å². The Labute approximate surface area is 188 Å². The third-order valence-electron chi connectivity index (χ3n) is 5.81. The minimum Gasteiger partial charge on any atom is -0.485 e. The van der Waals surface area contributed by atoms with Crippen LogP contribution in [0.25, 0.3) is 0 Å². The van der Waals surface area contributed by atoms with Crippen molar-refractivity contribution in [3.8, 4) is 5.75 Å². The molecular formula is C25H30N4O3. The lowest BCUT2D eigenvalue weighted by Gasteiger charge is -2.30. The molecule has 32 heavy (non-hydrogen) atoms. The van der Waals surface area contributed by atoms with Crippen LogP contribution in [0.5, 0.6) is 5.75 Å². The predicted molar refractivity (Wildman–Crippen MR) is 121 cm³/mol. The smallest absolute Gasteiger partial charge is 0.251 e. The van der Waals surface area contributed by atoms with Crippen LogP contribution in [-0.4, -0.2) is 34.0 Å². The molecule has 1 N–H and O–H groups in total. The number of ether oxygens (including phenoxy) is 1. The number of nitrogens with zero attached hydrogens (tertiary/aromatic N) is 3. The van der Waals surface area contributed by atoms with Gasteiger partial charge in [0.05, 0.1) is 0 Å². The van der Waals surface area contributed by atoms with Crippen LogP contribution in [0, 0.1) is 12.8 Å². The van der Waals surface area contributed by atoms with Crippen LogP contribution >= 0.6 is 0 Å². The average Bonchev–Trinajstić information content (AvgIpc) is 3.24. The first kappa shape index (κ1) is 22.0. The van der Waals surface area contributed by atoms with E-state index in [1.807, 2.05) is 0 Å². The molecule has 1 aliphatic rings. The minimum atomic E-state index is -0.114. The van der Waals surface area contributed by atoms with Gasteiger partial charge in [-0.05, 0) is 67.2 Å². The molecular weight excluding hydrogens is 404 g/mol. The summed E-state index contributed by atoms with van der Waals surface area (Å²) in [5.41, 5.74) is 3.00. The van der Waals surface area contributed by atoms with E-state index in [9.17, 15) is 4.79 Å². The summed E-state index contributed by atoms with van der Waals surface area (Å²) in [6.45, 7) is 8.14. The number of carbonyl (C=O) groups is 1. The molecule has 1 fully saturated rings. The lowest BCUT2D eigenvalue weighted by molar-refractivity contribution is 0.0951. The highest BCUT2D eigenvalue weighted by Gasteiger charge is 2.15. The highest BCUT2D eigenvalue weighted by atomic mass is 16.5. The van der Waals surface area contributed by atoms with Crippen molar-refractivity contribution in [1.82, 2.24) is 20.4 Å². The maximum Gasteiger partial charge on any atom is 0.251 e. The zero-order valence-electron chi connectivity index (χ0n) is 18.7. The third kappa shape index (κ3) is 6.17. The van der Waals surface area contributed by atoms with E-state index in [0.717, 1.165) is 18.0 Å². The van der Waals surface area contributed by atoms with Crippen molar-refractivity contribution in [3.63, 3.8) is 0 Å². The van der Waals surface area contributed by atoms with E-state index in [-0.39, 0.29) is 12.5 Å². The van der Waals surface area contributed by atoms with Crippen LogP contribution in [-0.2, 0) is 19.7 Å². The Balaban J connectivity index is 1.22. The van der Waals surface area contributed by atoms with E-state index in [0.29, 0.717) is 29.6 Å². The minimum absolute atomic E-state index is 0.114. The Hall–Kier alpha value is -3.19. The van der Waals surface area contributed by atoms with Gasteiger partial charge in [0.15, 0.2) is 6.61 Å². The average molecular weight is 435 g/mol. The molecule has 4 rings (SSSR count). The van der Waals surface area contributed by atoms with Crippen molar-refractivity contribution in [2.45, 2.75) is 46.4 Å². The molecule has 2 aromatic carbocycles. The van der Waals surface area contributed by atoms with Crippen molar-refractivity contribution < 1.29 is 14.1 Å². The lowest BCUT2D eigenvalue weighted by atomic mass is 9.99. The number of amides is 1. The topological polar surface area (TPSA) is 80.5 Å². The Kier molecular flexibility index (Phi) is 7.17. The van der Waals surface area contributed by atoms with E-state index in [4.69, 9.17) is 9.26 Å². The molecule has 0 bridgehead atoms. The summed E-state index contributed by atoms with van der Waals surface area (Å²) in [5.74, 6) is 2.37. The van der Waals surface area contributed by atoms with Gasteiger partial charge in [0, 0.05) is 25.6 Å². The van der Waals surface area contributed by atoms with Gasteiger partial charge in [-0.15, -0.1) is 0 Å². The predicted octanol–water partition coefficient (Wildman–Crippen LogP) is 4.12. The molecule has 1 saturated heterocycles. The fourth-order valence-corrected chi connectivity index (χ4v) is 3.78. The summed E-state index contributed by atoms with van der Waals surface area (Å²) in [6.07, 6.45) is 2.57. The zero-order chi connectivity index (χ0) is 22.3. The number of hydrogen-bond donors (Lipinski definition) is 1. The summed E-state index contributed by atoms with van der Waals surface area (Å²) in [6, 6.07) is 15.5. The molecule has 0 unspecified atom stereocenters. The Morgan fingerprint density at radius 2 is 1.78 bits per heavy atom. The summed E-state index contributed by atoms with van der Waals surface area (Å²) >= 11 is 0. The highest BCUT2D eigenvalue weighted by Crippen LogP contribution is 2.18. The van der Waals surface area contributed by atoms with Crippen molar-refractivity contribution >= 4 is 5.91 Å². The van der Waals surface area contributed by atoms with Crippen LogP contribution < -0.4 is 10.1 Å². The van der Waals surface area contributed by atoms with Crippen molar-refractivity contribution in [2.75, 3.05) is 13.1 Å². The first-order valence-electron chi connectivity index (χ1n) is 11.2. The molecule has 0 spiro atoms. The Morgan fingerprint density at radius 1 is 1.09 bits per heavy atom. The van der Waals surface area contributed by atoms with Gasteiger partial charge in [0.25, 0.3) is 5.91 Å². The highest BCUT2D eigenvalue weighted by molar-refractivity contribution is 5.94. The van der Waals surface area contributed by atoms with Gasteiger partial charge >= 0.3 is 0 Å². The summed E-state index contributed by atoms with van der Waals surface area (Å²) in [4.78, 5) is 19.1. The SMILES string of the molecule is Cc1nc(COc2ccc(C(=O)NCc3ccc(CN4CCC(C)CC4)cc3)cc2)no1. The molecule has 1 aliphatic heterocycles. The Bertz CT molecular complexity index is 1010. The van der Waals surface area contributed by atoms with Gasteiger partial charge in [-0.3, -0.25) is 9.69 Å². The number of likely N-dealkylation sites (tertiary alicyclic amines) is 1. The molecule has 2 heterocycles. The molecule has 0 atom stereocenters. The van der Waals surface area contributed by atoms with Gasteiger partial charge in [-0.25, -0.2) is 0 Å². The largest absolute Gasteiger partial charge is 0.485 e. The van der Waals surface area contributed by atoms with Crippen LogP contribution in [0.4, 0.5) is 0 Å². The van der Waals surface area contributed by atoms with Crippen molar-refractivity contribution in [2.24, 2.45) is 5.92 Å². The molecule has 0 saturated carbocycles. The maximum absolute atomic E-state index is 12.5. The number of aromatic nitrogens is 2. The first-order chi connectivity index (χ1) is 15.5. The standard InChI is InChI=1S/C25H30N4O3/c1-18-11-13-29(14-12-18)16-21-5-3-20(4-6-21)15-26-25(30)22-7-9-23(10-8-22)31-17-24-27-19(2)32-28-24/h3-10,18H,11-17H2,1-2H3,(H,26,30). The quantitative estimate of drug-likeness (QED) is 0.574. The van der Waals surface area contributed by atoms with Crippen LogP contribution in [0.15, 0.2) is 53.1 Å². The summed E-state index contributed by atoms with van der Waals surface area (Å²) in [5, 5.41) is 6.77. The lowest BCUT2D eigenvalue weighted by Crippen LogP contribution is -2.32. The summed E-state index contributed by atoms with van der Waals surface area (Å²) < 4.78 is 10.5. The number of piperidine rings is 1. The van der Waals surface area contributed by atoms with E-state index in [1.54, 1.807) is 31.2 Å². The summed E-state index contributed by atoms with van der Waals surface area (Å²) in [7, 11) is 0. The van der Waals surface area contributed by atoms with Gasteiger partial charge < -0.3 is 14.6 Å². The normalized spacial score (nSPS) is 14.9. The third-order valence-corrected chi connectivity index (χ3v) is 5.81. The molecule has 7 nitrogen and oxygen atoms in total. The van der Waals surface area contributed by atoms with Gasteiger partial charge in [-0.1, -0.05) is 36.3 Å². The van der Waals surface area contributed by atoms with Crippen molar-refractivity contribution in [1.29, 1.82) is 0 Å². The second-order valence-electron chi connectivity index (χ2n) is 8.50. The number of benzene rings is 2. The van der Waals surface area contributed by atoms with Crippen LogP contribution in [0.2, 0.25) is 0 Å². The molecule has 7 heteroatoms. The maximum atomic E-state index is 12.5. The second kappa shape index (κ2) is 10.4. The van der Waals surface area contributed by atoms with Gasteiger partial charge in [-0.2, -0.15) is 4.98 Å².